The van der Waals surface area contributed by atoms with Crippen LogP contribution in [0, 0.1) is 0 Å². The Morgan fingerprint density at radius 1 is 1.10 bits per heavy atom. The summed E-state index contributed by atoms with van der Waals surface area (Å²) in [5, 5.41) is 10.1. The van der Waals surface area contributed by atoms with Crippen LogP contribution in [0.5, 0.6) is 5.75 Å². The highest BCUT2D eigenvalue weighted by atomic mass is 16.5. The molecule has 150 valence electrons. The van der Waals surface area contributed by atoms with Crippen molar-refractivity contribution < 1.29 is 14.3 Å². The van der Waals surface area contributed by atoms with Gasteiger partial charge in [0.05, 0.1) is 25.0 Å². The summed E-state index contributed by atoms with van der Waals surface area (Å²) in [5.41, 5.74) is 2.69. The maximum atomic E-state index is 12.8. The molecule has 29 heavy (non-hydrogen) atoms. The third-order valence-electron chi connectivity index (χ3n) is 4.50. The molecule has 0 saturated heterocycles. The van der Waals surface area contributed by atoms with Gasteiger partial charge in [-0.15, -0.1) is 0 Å². The maximum absolute atomic E-state index is 12.8. The number of nitrogens with zero attached hydrogens (tertiary/aromatic N) is 2. The Morgan fingerprint density at radius 3 is 2.41 bits per heavy atom. The summed E-state index contributed by atoms with van der Waals surface area (Å²) < 4.78 is 6.95. The van der Waals surface area contributed by atoms with E-state index in [0.29, 0.717) is 12.2 Å². The molecule has 1 unspecified atom stereocenters. The number of carbonyl (C=O) groups is 2. The number of rotatable bonds is 7. The molecule has 7 heteroatoms. The van der Waals surface area contributed by atoms with Crippen molar-refractivity contribution in [2.75, 3.05) is 12.4 Å². The monoisotopic (exact) mass is 392 g/mol. The Bertz CT molecular complexity index is 981. The first-order valence-electron chi connectivity index (χ1n) is 9.41. The minimum atomic E-state index is -0.326. The SMILES string of the molecule is CCC(=O)Nc1ccc(C(C)NC(=O)c2nn(-c3ccccc3)cc2OC)cc1. The standard InChI is InChI=1S/C22H24N4O3/c1-4-20(27)24-17-12-10-16(11-13-17)15(2)23-22(28)21-19(29-3)14-26(25-21)18-8-6-5-7-9-18/h5-15H,4H2,1-3H3,(H,23,28)(H,24,27). The van der Waals surface area contributed by atoms with Crippen LogP contribution in [0.25, 0.3) is 5.69 Å². The quantitative estimate of drug-likeness (QED) is 0.642. The fraction of sp³-hybridized carbons (Fsp3) is 0.227. The lowest BCUT2D eigenvalue weighted by atomic mass is 10.1. The molecule has 1 heterocycles. The Hall–Kier alpha value is -3.61. The Labute approximate surface area is 169 Å². The summed E-state index contributed by atoms with van der Waals surface area (Å²) in [5.74, 6) is 0.0313. The Morgan fingerprint density at radius 2 is 1.79 bits per heavy atom. The highest BCUT2D eigenvalue weighted by Gasteiger charge is 2.20. The first kappa shape index (κ1) is 20.1. The lowest BCUT2D eigenvalue weighted by Crippen LogP contribution is -2.27. The average Bonchev–Trinajstić information content (AvgIpc) is 3.19. The molecule has 0 saturated carbocycles. The first-order valence-corrected chi connectivity index (χ1v) is 9.41. The summed E-state index contributed by atoms with van der Waals surface area (Å²) in [6.07, 6.45) is 2.10. The van der Waals surface area contributed by atoms with Gasteiger partial charge in [0.25, 0.3) is 5.91 Å². The van der Waals surface area contributed by atoms with Crippen molar-refractivity contribution in [2.45, 2.75) is 26.3 Å². The van der Waals surface area contributed by atoms with E-state index in [2.05, 4.69) is 15.7 Å². The molecule has 0 aliphatic heterocycles. The van der Waals surface area contributed by atoms with E-state index in [-0.39, 0.29) is 23.6 Å². The molecule has 2 amide bonds. The van der Waals surface area contributed by atoms with Crippen LogP contribution in [0.2, 0.25) is 0 Å². The van der Waals surface area contributed by atoms with E-state index in [0.717, 1.165) is 16.9 Å². The number of hydrogen-bond donors (Lipinski definition) is 2. The summed E-state index contributed by atoms with van der Waals surface area (Å²) in [6, 6.07) is 16.6. The van der Waals surface area contributed by atoms with Crippen molar-refractivity contribution in [3.8, 4) is 11.4 Å². The normalized spacial score (nSPS) is 11.6. The predicted molar refractivity (Wildman–Crippen MR) is 111 cm³/mol. The van der Waals surface area contributed by atoms with Crippen molar-refractivity contribution in [1.29, 1.82) is 0 Å². The third-order valence-corrected chi connectivity index (χ3v) is 4.50. The van der Waals surface area contributed by atoms with E-state index in [4.69, 9.17) is 4.74 Å². The van der Waals surface area contributed by atoms with Crippen molar-refractivity contribution in [2.24, 2.45) is 0 Å². The number of amides is 2. The van der Waals surface area contributed by atoms with E-state index in [1.807, 2.05) is 61.5 Å². The molecule has 1 aromatic heterocycles. The molecule has 3 rings (SSSR count). The number of carbonyl (C=O) groups excluding carboxylic acids is 2. The second-order valence-electron chi connectivity index (χ2n) is 6.55. The molecule has 2 aromatic carbocycles. The van der Waals surface area contributed by atoms with Crippen LogP contribution in [0.15, 0.2) is 60.8 Å². The molecule has 2 N–H and O–H groups in total. The molecule has 0 aliphatic carbocycles. The van der Waals surface area contributed by atoms with Gasteiger partial charge in [-0.25, -0.2) is 4.68 Å². The van der Waals surface area contributed by atoms with Gasteiger partial charge in [0.15, 0.2) is 11.4 Å². The van der Waals surface area contributed by atoms with Gasteiger partial charge in [-0.1, -0.05) is 37.3 Å². The van der Waals surface area contributed by atoms with Crippen LogP contribution < -0.4 is 15.4 Å². The van der Waals surface area contributed by atoms with Gasteiger partial charge in [-0.2, -0.15) is 5.10 Å². The van der Waals surface area contributed by atoms with E-state index < -0.39 is 0 Å². The number of hydrogen-bond acceptors (Lipinski definition) is 4. The topological polar surface area (TPSA) is 85.3 Å². The second kappa shape index (κ2) is 9.05. The van der Waals surface area contributed by atoms with E-state index in [1.54, 1.807) is 17.8 Å². The smallest absolute Gasteiger partial charge is 0.276 e. The minimum Gasteiger partial charge on any atom is -0.493 e. The Balaban J connectivity index is 1.72. The summed E-state index contributed by atoms with van der Waals surface area (Å²) >= 11 is 0. The van der Waals surface area contributed by atoms with Gasteiger partial charge in [0.1, 0.15) is 0 Å². The van der Waals surface area contributed by atoms with Gasteiger partial charge in [0.2, 0.25) is 5.91 Å². The van der Waals surface area contributed by atoms with Crippen LogP contribution in [0.3, 0.4) is 0 Å². The summed E-state index contributed by atoms with van der Waals surface area (Å²) in [4.78, 5) is 24.3. The highest BCUT2D eigenvalue weighted by Crippen LogP contribution is 2.21. The number of nitrogens with one attached hydrogen (secondary N) is 2. The summed E-state index contributed by atoms with van der Waals surface area (Å²) in [6.45, 7) is 3.69. The fourth-order valence-electron chi connectivity index (χ4n) is 2.83. The minimum absolute atomic E-state index is 0.0415. The molecular weight excluding hydrogens is 368 g/mol. The van der Waals surface area contributed by atoms with Crippen LogP contribution in [-0.2, 0) is 4.79 Å². The molecule has 1 atom stereocenters. The number of benzene rings is 2. The number of methoxy groups -OCH3 is 1. The molecule has 0 radical (unpaired) electrons. The van der Waals surface area contributed by atoms with E-state index in [1.165, 1.54) is 7.11 Å². The van der Waals surface area contributed by atoms with Crippen molar-refractivity contribution >= 4 is 17.5 Å². The zero-order valence-corrected chi connectivity index (χ0v) is 16.7. The average molecular weight is 392 g/mol. The van der Waals surface area contributed by atoms with E-state index >= 15 is 0 Å². The van der Waals surface area contributed by atoms with Crippen molar-refractivity contribution in [3.63, 3.8) is 0 Å². The molecule has 0 bridgehead atoms. The van der Waals surface area contributed by atoms with E-state index in [9.17, 15) is 9.59 Å². The van der Waals surface area contributed by atoms with Crippen LogP contribution in [-0.4, -0.2) is 28.7 Å². The van der Waals surface area contributed by atoms with Crippen LogP contribution in [0.1, 0.15) is 42.4 Å². The van der Waals surface area contributed by atoms with Crippen molar-refractivity contribution in [1.82, 2.24) is 15.1 Å². The molecule has 3 aromatic rings. The Kier molecular flexibility index (Phi) is 6.29. The van der Waals surface area contributed by atoms with Crippen LogP contribution in [0.4, 0.5) is 5.69 Å². The van der Waals surface area contributed by atoms with Gasteiger partial charge in [0, 0.05) is 12.1 Å². The molecule has 0 spiro atoms. The highest BCUT2D eigenvalue weighted by molar-refractivity contribution is 5.95. The number of anilines is 1. The van der Waals surface area contributed by atoms with Crippen molar-refractivity contribution in [3.05, 3.63) is 72.1 Å². The number of para-hydroxylation sites is 1. The molecule has 7 nitrogen and oxygen atoms in total. The van der Waals surface area contributed by atoms with Gasteiger partial charge >= 0.3 is 0 Å². The predicted octanol–water partition coefficient (Wildman–Crippen LogP) is 3.72. The summed E-state index contributed by atoms with van der Waals surface area (Å²) in [7, 11) is 1.51. The fourth-order valence-corrected chi connectivity index (χ4v) is 2.83. The maximum Gasteiger partial charge on any atom is 0.276 e. The molecule has 0 fully saturated rings. The largest absolute Gasteiger partial charge is 0.493 e. The first-order chi connectivity index (χ1) is 14.0. The number of aromatic nitrogens is 2. The third kappa shape index (κ3) is 4.82. The second-order valence-corrected chi connectivity index (χ2v) is 6.55. The lowest BCUT2D eigenvalue weighted by Gasteiger charge is -2.14. The zero-order valence-electron chi connectivity index (χ0n) is 16.7. The lowest BCUT2D eigenvalue weighted by molar-refractivity contribution is -0.115. The molecule has 0 aliphatic rings. The molecular formula is C22H24N4O3. The van der Waals surface area contributed by atoms with Crippen LogP contribution >= 0.6 is 0 Å². The zero-order chi connectivity index (χ0) is 20.8. The van der Waals surface area contributed by atoms with Gasteiger partial charge in [-0.3, -0.25) is 9.59 Å². The van der Waals surface area contributed by atoms with Gasteiger partial charge < -0.3 is 15.4 Å². The number of ether oxygens (including phenoxy) is 1. The van der Waals surface area contributed by atoms with Gasteiger partial charge in [-0.05, 0) is 36.8 Å².